The number of aromatic amines is 1. The largest absolute Gasteiger partial charge is 0.373 e. The van der Waals surface area contributed by atoms with Crippen LogP contribution in [0, 0.1) is 10.1 Å². The third-order valence-corrected chi connectivity index (χ3v) is 1.73. The quantitative estimate of drug-likeness (QED) is 0.399. The number of nitrogens with zero attached hydrogens (tertiary/aromatic N) is 2. The highest BCUT2D eigenvalue weighted by molar-refractivity contribution is 5.32. The fraction of sp³-hybridized carbons (Fsp3) is 0.500. The van der Waals surface area contributed by atoms with Gasteiger partial charge in [0.05, 0.1) is 17.6 Å². The van der Waals surface area contributed by atoms with E-state index in [9.17, 15) is 10.1 Å². The molecule has 0 saturated carbocycles. The summed E-state index contributed by atoms with van der Waals surface area (Å²) in [6.45, 7) is 0.691. The van der Waals surface area contributed by atoms with Crippen LogP contribution in [0.5, 0.6) is 0 Å². The molecule has 1 fully saturated rings. The molecular formula is C6H7N3O3. The molecule has 0 aliphatic carbocycles. The van der Waals surface area contributed by atoms with Crippen molar-refractivity contribution in [2.24, 2.45) is 0 Å². The maximum absolute atomic E-state index is 10.4. The predicted molar refractivity (Wildman–Crippen MR) is 38.7 cm³/mol. The second-order valence-electron chi connectivity index (χ2n) is 2.65. The summed E-state index contributed by atoms with van der Waals surface area (Å²) in [6.07, 6.45) is 1.91. The van der Waals surface area contributed by atoms with Gasteiger partial charge in [-0.2, -0.15) is 5.10 Å². The minimum absolute atomic E-state index is 0.0468. The van der Waals surface area contributed by atoms with Crippen LogP contribution in [0.2, 0.25) is 0 Å². The Balaban J connectivity index is 2.17. The van der Waals surface area contributed by atoms with Gasteiger partial charge in [-0.3, -0.25) is 15.2 Å². The molecule has 64 valence electrons. The summed E-state index contributed by atoms with van der Waals surface area (Å²) in [4.78, 5) is 9.95. The van der Waals surface area contributed by atoms with Gasteiger partial charge in [0.25, 0.3) is 0 Å². The molecule has 12 heavy (non-hydrogen) atoms. The van der Waals surface area contributed by atoms with Gasteiger partial charge >= 0.3 is 5.69 Å². The standard InChI is InChI=1S/C6H7N3O3/c10-9(11)6-2-7-8-5(6)1-4-3-12-4/h2,4H,1,3H2,(H,7,8). The lowest BCUT2D eigenvalue weighted by Gasteiger charge is -1.90. The molecule has 1 atom stereocenters. The number of hydrogen-bond acceptors (Lipinski definition) is 4. The van der Waals surface area contributed by atoms with Crippen LogP contribution in [0.3, 0.4) is 0 Å². The Labute approximate surface area is 67.7 Å². The predicted octanol–water partition coefficient (Wildman–Crippen LogP) is 0.259. The van der Waals surface area contributed by atoms with E-state index in [4.69, 9.17) is 4.74 Å². The Morgan fingerprint density at radius 2 is 2.67 bits per heavy atom. The molecule has 6 nitrogen and oxygen atoms in total. The van der Waals surface area contributed by atoms with E-state index in [1.807, 2.05) is 0 Å². The topological polar surface area (TPSA) is 84.3 Å². The van der Waals surface area contributed by atoms with Crippen molar-refractivity contribution in [1.82, 2.24) is 10.2 Å². The van der Waals surface area contributed by atoms with Crippen molar-refractivity contribution in [1.29, 1.82) is 0 Å². The van der Waals surface area contributed by atoms with Crippen LogP contribution in [0.4, 0.5) is 5.69 Å². The number of epoxide rings is 1. The van der Waals surface area contributed by atoms with Gasteiger partial charge < -0.3 is 4.74 Å². The lowest BCUT2D eigenvalue weighted by Crippen LogP contribution is -1.97. The van der Waals surface area contributed by atoms with E-state index in [1.54, 1.807) is 0 Å². The second kappa shape index (κ2) is 2.56. The fourth-order valence-corrected chi connectivity index (χ4v) is 1.03. The summed E-state index contributed by atoms with van der Waals surface area (Å²) >= 11 is 0. The number of ether oxygens (including phenoxy) is 1. The van der Waals surface area contributed by atoms with Gasteiger partial charge in [0.15, 0.2) is 0 Å². The van der Waals surface area contributed by atoms with Crippen molar-refractivity contribution in [2.45, 2.75) is 12.5 Å². The van der Waals surface area contributed by atoms with Crippen LogP contribution in [0.25, 0.3) is 0 Å². The van der Waals surface area contributed by atoms with Gasteiger partial charge in [0.1, 0.15) is 11.9 Å². The average molecular weight is 169 g/mol. The summed E-state index contributed by atoms with van der Waals surface area (Å²) in [5.74, 6) is 0. The van der Waals surface area contributed by atoms with Crippen molar-refractivity contribution in [3.8, 4) is 0 Å². The number of nitro groups is 1. The van der Waals surface area contributed by atoms with Crippen molar-refractivity contribution in [3.05, 3.63) is 22.0 Å². The van der Waals surface area contributed by atoms with Gasteiger partial charge in [-0.25, -0.2) is 0 Å². The molecule has 1 unspecified atom stereocenters. The lowest BCUT2D eigenvalue weighted by molar-refractivity contribution is -0.385. The molecule has 1 aliphatic rings. The van der Waals surface area contributed by atoms with Crippen molar-refractivity contribution >= 4 is 5.69 Å². The highest BCUT2D eigenvalue weighted by Crippen LogP contribution is 2.21. The Bertz CT molecular complexity index is 305. The highest BCUT2D eigenvalue weighted by atomic mass is 16.6. The molecule has 0 aromatic carbocycles. The molecule has 0 amide bonds. The third kappa shape index (κ3) is 1.28. The monoisotopic (exact) mass is 169 g/mol. The molecule has 1 N–H and O–H groups in total. The number of H-pyrrole nitrogens is 1. The first-order valence-corrected chi connectivity index (χ1v) is 3.55. The van der Waals surface area contributed by atoms with Crippen LogP contribution in [-0.4, -0.2) is 27.8 Å². The van der Waals surface area contributed by atoms with E-state index >= 15 is 0 Å². The molecular weight excluding hydrogens is 162 g/mol. The van der Waals surface area contributed by atoms with E-state index in [-0.39, 0.29) is 11.8 Å². The number of hydrogen-bond donors (Lipinski definition) is 1. The molecule has 1 aromatic heterocycles. The lowest BCUT2D eigenvalue weighted by atomic mass is 10.2. The molecule has 0 radical (unpaired) electrons. The van der Waals surface area contributed by atoms with E-state index in [0.717, 1.165) is 0 Å². The van der Waals surface area contributed by atoms with Crippen LogP contribution < -0.4 is 0 Å². The molecule has 1 aliphatic heterocycles. The zero-order valence-electron chi connectivity index (χ0n) is 6.19. The highest BCUT2D eigenvalue weighted by Gasteiger charge is 2.27. The molecule has 2 heterocycles. The SMILES string of the molecule is O=[N+]([O-])c1cn[nH]c1CC1CO1. The zero-order valence-corrected chi connectivity index (χ0v) is 6.19. The average Bonchev–Trinajstić information content (AvgIpc) is 2.66. The Kier molecular flexibility index (Phi) is 1.54. The number of nitrogens with one attached hydrogen (secondary N) is 1. The summed E-state index contributed by atoms with van der Waals surface area (Å²) in [6, 6.07) is 0. The molecule has 2 rings (SSSR count). The molecule has 0 spiro atoms. The van der Waals surface area contributed by atoms with Gasteiger partial charge in [-0.15, -0.1) is 0 Å². The van der Waals surface area contributed by atoms with Gasteiger partial charge in [0, 0.05) is 6.42 Å². The van der Waals surface area contributed by atoms with E-state index in [0.29, 0.717) is 18.7 Å². The summed E-state index contributed by atoms with van der Waals surface area (Å²) in [5.41, 5.74) is 0.591. The third-order valence-electron chi connectivity index (χ3n) is 1.73. The van der Waals surface area contributed by atoms with Crippen LogP contribution in [0.15, 0.2) is 6.20 Å². The maximum atomic E-state index is 10.4. The Morgan fingerprint density at radius 3 is 3.25 bits per heavy atom. The van der Waals surface area contributed by atoms with Gasteiger partial charge in [-0.1, -0.05) is 0 Å². The van der Waals surface area contributed by atoms with Crippen molar-refractivity contribution in [3.63, 3.8) is 0 Å². The summed E-state index contributed by atoms with van der Waals surface area (Å²) < 4.78 is 4.95. The second-order valence-corrected chi connectivity index (χ2v) is 2.65. The maximum Gasteiger partial charge on any atom is 0.309 e. The molecule has 0 bridgehead atoms. The smallest absolute Gasteiger partial charge is 0.309 e. The van der Waals surface area contributed by atoms with Gasteiger partial charge in [-0.05, 0) is 0 Å². The number of aromatic nitrogens is 2. The van der Waals surface area contributed by atoms with E-state index in [2.05, 4.69) is 10.2 Å². The normalized spacial score (nSPS) is 20.8. The van der Waals surface area contributed by atoms with Crippen LogP contribution in [-0.2, 0) is 11.2 Å². The van der Waals surface area contributed by atoms with E-state index in [1.165, 1.54) is 6.20 Å². The van der Waals surface area contributed by atoms with Crippen LogP contribution >= 0.6 is 0 Å². The molecule has 1 aromatic rings. The molecule has 1 saturated heterocycles. The zero-order chi connectivity index (χ0) is 8.55. The Morgan fingerprint density at radius 1 is 1.92 bits per heavy atom. The first-order chi connectivity index (χ1) is 5.77. The fourth-order valence-electron chi connectivity index (χ4n) is 1.03. The van der Waals surface area contributed by atoms with E-state index < -0.39 is 4.92 Å². The van der Waals surface area contributed by atoms with Crippen molar-refractivity contribution in [2.75, 3.05) is 6.61 Å². The van der Waals surface area contributed by atoms with Crippen molar-refractivity contribution < 1.29 is 9.66 Å². The molecule has 6 heteroatoms. The van der Waals surface area contributed by atoms with Crippen LogP contribution in [0.1, 0.15) is 5.69 Å². The van der Waals surface area contributed by atoms with Gasteiger partial charge in [0.2, 0.25) is 0 Å². The first-order valence-electron chi connectivity index (χ1n) is 3.55. The minimum atomic E-state index is -0.443. The first kappa shape index (κ1) is 7.23. The Hall–Kier alpha value is -1.43. The summed E-state index contributed by atoms with van der Waals surface area (Å²) in [5, 5.41) is 16.6. The number of rotatable bonds is 3. The summed E-state index contributed by atoms with van der Waals surface area (Å²) in [7, 11) is 0. The minimum Gasteiger partial charge on any atom is -0.373 e.